The van der Waals surface area contributed by atoms with Crippen LogP contribution in [-0.2, 0) is 43.5 Å². The van der Waals surface area contributed by atoms with Crippen LogP contribution in [-0.4, -0.2) is 3.21 Å². The largest absolute Gasteiger partial charge is 0.214 e. The van der Waals surface area contributed by atoms with Gasteiger partial charge in [-0.3, -0.25) is 0 Å². The van der Waals surface area contributed by atoms with E-state index < -0.39 is 0 Å². The van der Waals surface area contributed by atoms with E-state index in [9.17, 15) is 0 Å². The van der Waals surface area contributed by atoms with Crippen LogP contribution in [0.3, 0.4) is 0 Å². The van der Waals surface area contributed by atoms with Gasteiger partial charge in [0.15, 0.2) is 0 Å². The van der Waals surface area contributed by atoms with Crippen molar-refractivity contribution in [3.63, 3.8) is 0 Å². The van der Waals surface area contributed by atoms with Crippen LogP contribution in [0.2, 0.25) is 0 Å². The van der Waals surface area contributed by atoms with E-state index in [1.807, 2.05) is 30.3 Å². The Morgan fingerprint density at radius 2 is 1.23 bits per heavy atom. The molecule has 0 atom stereocenters. The van der Waals surface area contributed by atoms with Gasteiger partial charge >= 0.3 is 46.7 Å². The zero-order valence-electron chi connectivity index (χ0n) is 22.0. The number of hydrogen-bond donors (Lipinski definition) is 0. The van der Waals surface area contributed by atoms with Gasteiger partial charge in [-0.1, -0.05) is 84.4 Å². The van der Waals surface area contributed by atoms with Gasteiger partial charge in [0.1, 0.15) is 0 Å². The fraction of sp³-hybridized carbons (Fsp3) is 0.167. The maximum Gasteiger partial charge on any atom is -0.00257 e. The molecule has 0 aromatic heterocycles. The summed E-state index contributed by atoms with van der Waals surface area (Å²) in [5.41, 5.74) is 10.9. The van der Waals surface area contributed by atoms with Crippen LogP contribution >= 0.6 is 0 Å². The normalized spacial score (nSPS) is 12.1. The summed E-state index contributed by atoms with van der Waals surface area (Å²) in [5.74, 6) is 0. The fourth-order valence-electron chi connectivity index (χ4n) is 4.76. The molecule has 5 aromatic rings. The Labute approximate surface area is 261 Å². The Hall–Kier alpha value is -2.44. The third-order valence-corrected chi connectivity index (χ3v) is 8.14. The van der Waals surface area contributed by atoms with Gasteiger partial charge in [-0.15, -0.1) is 11.1 Å². The third-order valence-electron chi connectivity index (χ3n) is 6.92. The van der Waals surface area contributed by atoms with Crippen LogP contribution in [0.1, 0.15) is 52.6 Å². The summed E-state index contributed by atoms with van der Waals surface area (Å²) in [4.78, 5) is 0. The number of benzene rings is 4. The molecule has 2 aliphatic rings. The number of fused-ring (bicyclic) bond motifs is 3. The second-order valence-electron chi connectivity index (χ2n) is 9.79. The molecule has 5 aromatic carbocycles. The van der Waals surface area contributed by atoms with E-state index in [4.69, 9.17) is 0 Å². The summed E-state index contributed by atoms with van der Waals surface area (Å²) in [7, 11) is 0. The molecule has 1 fully saturated rings. The summed E-state index contributed by atoms with van der Waals surface area (Å²) in [5, 5.41) is 0. The standard InChI is InChI=1S/C27H21.C5H5.C4H6.2ClH.Zr/c1-3-7-20(8-4-1)15-22-11-13-26-24(17-22)19-25-18-23(12-14-27(25)26)16-21-9-5-2-6-10-21;1-2-4-5-3-1;1-2-4-3-1;;;/h1-14,17H,15-16,19H2;1-5H;1-3H2;2*1H;/q2*-1;;;;+2/p-2. The summed E-state index contributed by atoms with van der Waals surface area (Å²) in [6.45, 7) is 0. The van der Waals surface area contributed by atoms with Crippen LogP contribution in [0.4, 0.5) is 0 Å². The zero-order valence-corrected chi connectivity index (χ0v) is 26.0. The molecular formula is C36H32Cl2Zr-2. The molecule has 0 spiro atoms. The van der Waals surface area contributed by atoms with E-state index in [0.717, 1.165) is 19.3 Å². The van der Waals surface area contributed by atoms with Crippen molar-refractivity contribution in [3.8, 4) is 11.1 Å². The van der Waals surface area contributed by atoms with Crippen molar-refractivity contribution >= 4 is 3.21 Å². The molecule has 0 radical (unpaired) electrons. The van der Waals surface area contributed by atoms with E-state index in [0.29, 0.717) is 0 Å². The number of rotatable bonds is 4. The zero-order chi connectivity index (χ0) is 25.3. The van der Waals surface area contributed by atoms with E-state index in [1.165, 1.54) is 63.8 Å². The van der Waals surface area contributed by atoms with E-state index in [-0.39, 0.29) is 24.8 Å². The summed E-state index contributed by atoms with van der Waals surface area (Å²) in [6.07, 6.45) is 7.30. The van der Waals surface area contributed by atoms with Crippen LogP contribution in [0, 0.1) is 6.07 Å². The second kappa shape index (κ2) is 16.0. The predicted molar refractivity (Wildman–Crippen MR) is 153 cm³/mol. The predicted octanol–water partition coefficient (Wildman–Crippen LogP) is 2.54. The van der Waals surface area contributed by atoms with Gasteiger partial charge < -0.3 is 24.8 Å². The molecule has 39 heavy (non-hydrogen) atoms. The molecular weight excluding hydrogens is 595 g/mol. The molecule has 7 rings (SSSR count). The average Bonchev–Trinajstić information content (AvgIpc) is 3.61. The van der Waals surface area contributed by atoms with E-state index in [2.05, 4.69) is 97.1 Å². The molecule has 3 heteroatoms. The fourth-order valence-corrected chi connectivity index (χ4v) is 5.63. The maximum absolute atomic E-state index is 3.69. The topological polar surface area (TPSA) is 0 Å². The minimum atomic E-state index is 0. The van der Waals surface area contributed by atoms with Crippen LogP contribution in [0.25, 0.3) is 11.1 Å². The minimum absolute atomic E-state index is 0. The van der Waals surface area contributed by atoms with Crippen LogP contribution < -0.4 is 24.8 Å². The van der Waals surface area contributed by atoms with Gasteiger partial charge in [0, 0.05) is 0 Å². The quantitative estimate of drug-likeness (QED) is 0.264. The Bertz CT molecular complexity index is 1310. The summed E-state index contributed by atoms with van der Waals surface area (Å²) < 4.78 is 1.78. The van der Waals surface area contributed by atoms with Crippen LogP contribution in [0.5, 0.6) is 0 Å². The summed E-state index contributed by atoms with van der Waals surface area (Å²) >= 11 is 1.67. The first-order valence-corrected chi connectivity index (χ1v) is 14.4. The molecule has 0 saturated heterocycles. The maximum atomic E-state index is 3.69. The molecule has 1 saturated carbocycles. The first-order chi connectivity index (χ1) is 18.2. The molecule has 196 valence electrons. The molecule has 2 aliphatic carbocycles. The van der Waals surface area contributed by atoms with E-state index in [1.54, 1.807) is 27.4 Å². The first-order valence-electron chi connectivity index (χ1n) is 13.2. The third kappa shape index (κ3) is 9.04. The molecule has 0 bridgehead atoms. The smallest absolute Gasteiger partial charge is 0.00257 e. The van der Waals surface area contributed by atoms with Crippen LogP contribution in [0.15, 0.2) is 121 Å². The van der Waals surface area contributed by atoms with Crippen molar-refractivity contribution < 1.29 is 49.0 Å². The molecule has 0 nitrogen and oxygen atoms in total. The van der Waals surface area contributed by atoms with Gasteiger partial charge in [-0.2, -0.15) is 42.0 Å². The second-order valence-corrected chi connectivity index (χ2v) is 11.5. The molecule has 0 unspecified atom stereocenters. The Balaban J connectivity index is 0.000000295. The van der Waals surface area contributed by atoms with Crippen molar-refractivity contribution in [2.45, 2.75) is 38.5 Å². The SMILES string of the molecule is [Cl-].[Cl-].[Zr+2]=[C]1CCC1.[c-]1c(Cc2ccccc2)ccc2c1Cc1cc(Cc3ccccc3)ccc1-2.c1cc[cH-]c1. The van der Waals surface area contributed by atoms with E-state index >= 15 is 0 Å². The van der Waals surface area contributed by atoms with Crippen molar-refractivity contribution in [2.24, 2.45) is 0 Å². The number of halogens is 2. The van der Waals surface area contributed by atoms with Crippen molar-refractivity contribution in [2.75, 3.05) is 0 Å². The Kier molecular flexibility index (Phi) is 12.7. The average molecular weight is 627 g/mol. The minimum Gasteiger partial charge on any atom is -0.214 e. The summed E-state index contributed by atoms with van der Waals surface area (Å²) in [6, 6.07) is 46.5. The van der Waals surface area contributed by atoms with Gasteiger partial charge in [0.05, 0.1) is 0 Å². The van der Waals surface area contributed by atoms with Gasteiger partial charge in [-0.05, 0) is 41.5 Å². The number of hydrogen-bond acceptors (Lipinski definition) is 0. The molecule has 0 amide bonds. The molecule has 0 aliphatic heterocycles. The van der Waals surface area contributed by atoms with Crippen molar-refractivity contribution in [1.29, 1.82) is 0 Å². The van der Waals surface area contributed by atoms with Crippen molar-refractivity contribution in [1.82, 2.24) is 0 Å². The monoisotopic (exact) mass is 624 g/mol. The Morgan fingerprint density at radius 1 is 0.641 bits per heavy atom. The molecule has 0 N–H and O–H groups in total. The first kappa shape index (κ1) is 31.1. The van der Waals surface area contributed by atoms with Gasteiger partial charge in [0.25, 0.3) is 0 Å². The van der Waals surface area contributed by atoms with Gasteiger partial charge in [-0.25, -0.2) is 12.1 Å². The van der Waals surface area contributed by atoms with Crippen molar-refractivity contribution in [3.05, 3.63) is 161 Å². The Morgan fingerprint density at radius 3 is 1.77 bits per heavy atom. The molecule has 0 heterocycles. The van der Waals surface area contributed by atoms with Gasteiger partial charge in [0.2, 0.25) is 0 Å².